The number of para-hydroxylation sites is 2. The zero-order valence-corrected chi connectivity index (χ0v) is 16.9. The SMILES string of the molecule is CC[C@H](NC(=O)CSc1nc2ccccc2[nH]1)C12CC3CC(CC(C3)C1)C2. The van der Waals surface area contributed by atoms with E-state index >= 15 is 0 Å². The topological polar surface area (TPSA) is 57.8 Å². The number of nitrogens with one attached hydrogen (secondary N) is 2. The Morgan fingerprint density at radius 2 is 1.89 bits per heavy atom. The maximum atomic E-state index is 12.7. The fraction of sp³-hybridized carbons (Fsp3) is 0.636. The molecular weight excluding hydrogens is 354 g/mol. The van der Waals surface area contributed by atoms with Crippen LogP contribution in [0.4, 0.5) is 0 Å². The number of aromatic nitrogens is 2. The summed E-state index contributed by atoms with van der Waals surface area (Å²) in [6.07, 6.45) is 9.42. The van der Waals surface area contributed by atoms with E-state index < -0.39 is 0 Å². The molecule has 0 radical (unpaired) electrons. The minimum atomic E-state index is 0.156. The fourth-order valence-corrected chi connectivity index (χ4v) is 7.36. The van der Waals surface area contributed by atoms with E-state index in [0.717, 1.165) is 40.4 Å². The summed E-state index contributed by atoms with van der Waals surface area (Å²) >= 11 is 1.51. The molecule has 4 nitrogen and oxygen atoms in total. The van der Waals surface area contributed by atoms with Crippen molar-refractivity contribution in [1.82, 2.24) is 15.3 Å². The number of carbonyl (C=O) groups excluding carboxylic acids is 1. The van der Waals surface area contributed by atoms with Crippen molar-refractivity contribution in [3.63, 3.8) is 0 Å². The summed E-state index contributed by atoms with van der Waals surface area (Å²) in [5.74, 6) is 3.36. The highest BCUT2D eigenvalue weighted by atomic mass is 32.2. The van der Waals surface area contributed by atoms with Crippen molar-refractivity contribution in [1.29, 1.82) is 0 Å². The molecule has 4 fully saturated rings. The zero-order valence-electron chi connectivity index (χ0n) is 16.0. The first-order valence-corrected chi connectivity index (χ1v) is 11.5. The molecule has 5 heteroatoms. The normalized spacial score (nSPS) is 32.7. The highest BCUT2D eigenvalue weighted by molar-refractivity contribution is 7.99. The summed E-state index contributed by atoms with van der Waals surface area (Å²) in [6.45, 7) is 2.25. The maximum absolute atomic E-state index is 12.7. The van der Waals surface area contributed by atoms with Crippen molar-refractivity contribution >= 4 is 28.7 Å². The fourth-order valence-electron chi connectivity index (χ4n) is 6.66. The highest BCUT2D eigenvalue weighted by Gasteiger charge is 2.53. The molecule has 1 amide bonds. The van der Waals surface area contributed by atoms with Crippen molar-refractivity contribution in [2.75, 3.05) is 5.75 Å². The molecule has 0 spiro atoms. The van der Waals surface area contributed by atoms with E-state index in [4.69, 9.17) is 0 Å². The van der Waals surface area contributed by atoms with Crippen LogP contribution in [0.1, 0.15) is 51.9 Å². The first kappa shape index (κ1) is 17.6. The Morgan fingerprint density at radius 3 is 2.52 bits per heavy atom. The van der Waals surface area contributed by atoms with Gasteiger partial charge in [0.05, 0.1) is 16.8 Å². The second-order valence-electron chi connectivity index (χ2n) is 9.16. The summed E-state index contributed by atoms with van der Waals surface area (Å²) in [7, 11) is 0. The largest absolute Gasteiger partial charge is 0.352 e. The van der Waals surface area contributed by atoms with Crippen LogP contribution in [0.15, 0.2) is 29.4 Å². The third-order valence-corrected chi connectivity index (χ3v) is 8.15. The lowest BCUT2D eigenvalue weighted by Gasteiger charge is -2.59. The highest BCUT2D eigenvalue weighted by Crippen LogP contribution is 2.61. The molecule has 1 aromatic heterocycles. The summed E-state index contributed by atoms with van der Waals surface area (Å²) in [5, 5.41) is 4.25. The van der Waals surface area contributed by atoms with E-state index in [1.807, 2.05) is 24.3 Å². The minimum Gasteiger partial charge on any atom is -0.352 e. The summed E-state index contributed by atoms with van der Waals surface area (Å²) < 4.78 is 0. The second-order valence-corrected chi connectivity index (χ2v) is 10.1. The van der Waals surface area contributed by atoms with Crippen LogP contribution in [0, 0.1) is 23.2 Å². The maximum Gasteiger partial charge on any atom is 0.230 e. The van der Waals surface area contributed by atoms with Crippen LogP contribution in [-0.2, 0) is 4.79 Å². The van der Waals surface area contributed by atoms with Gasteiger partial charge in [-0.1, -0.05) is 30.8 Å². The number of thioether (sulfide) groups is 1. The van der Waals surface area contributed by atoms with Gasteiger partial charge in [-0.3, -0.25) is 4.79 Å². The van der Waals surface area contributed by atoms with Crippen LogP contribution in [0.2, 0.25) is 0 Å². The third kappa shape index (κ3) is 3.28. The zero-order chi connectivity index (χ0) is 18.4. The van der Waals surface area contributed by atoms with Crippen molar-refractivity contribution in [2.45, 2.75) is 63.1 Å². The molecule has 4 saturated carbocycles. The average molecular weight is 384 g/mol. The Kier molecular flexibility index (Phi) is 4.46. The molecule has 2 N–H and O–H groups in total. The standard InChI is InChI=1S/C22H29N3OS/c1-2-19(22-10-14-7-15(11-22)9-16(8-14)12-22)25-20(26)13-27-21-23-17-5-3-4-6-18(17)24-21/h3-6,14-16,19H,2,7-13H2,1H3,(H,23,24)(H,25,26)/t14?,15?,16?,19-,22?/m0/s1. The Labute approximate surface area is 165 Å². The van der Waals surface area contributed by atoms with E-state index in [-0.39, 0.29) is 5.91 Å². The number of rotatable bonds is 6. The van der Waals surface area contributed by atoms with Crippen molar-refractivity contribution in [3.8, 4) is 0 Å². The van der Waals surface area contributed by atoms with Gasteiger partial charge in [0, 0.05) is 6.04 Å². The molecule has 0 aliphatic heterocycles. The number of nitrogens with zero attached hydrogens (tertiary/aromatic N) is 1. The molecule has 0 unspecified atom stereocenters. The van der Waals surface area contributed by atoms with Gasteiger partial charge in [-0.15, -0.1) is 0 Å². The molecule has 144 valence electrons. The third-order valence-electron chi connectivity index (χ3n) is 7.28. The molecular formula is C22H29N3OS. The Balaban J connectivity index is 1.23. The Morgan fingerprint density at radius 1 is 1.22 bits per heavy atom. The monoisotopic (exact) mass is 383 g/mol. The molecule has 1 heterocycles. The lowest BCUT2D eigenvalue weighted by molar-refractivity contribution is -0.124. The molecule has 4 aliphatic rings. The lowest BCUT2D eigenvalue weighted by atomic mass is 9.47. The van der Waals surface area contributed by atoms with Gasteiger partial charge in [0.1, 0.15) is 0 Å². The molecule has 27 heavy (non-hydrogen) atoms. The summed E-state index contributed by atoms with van der Waals surface area (Å²) in [4.78, 5) is 20.6. The van der Waals surface area contributed by atoms with Gasteiger partial charge in [-0.2, -0.15) is 0 Å². The predicted octanol–water partition coefficient (Wildman–Crippen LogP) is 4.77. The number of carbonyl (C=O) groups is 1. The van der Waals surface area contributed by atoms with Crippen LogP contribution in [0.5, 0.6) is 0 Å². The van der Waals surface area contributed by atoms with E-state index in [1.54, 1.807) is 0 Å². The number of amides is 1. The van der Waals surface area contributed by atoms with Crippen molar-refractivity contribution in [3.05, 3.63) is 24.3 Å². The van der Waals surface area contributed by atoms with Crippen molar-refractivity contribution in [2.24, 2.45) is 23.2 Å². The molecule has 1 atom stereocenters. The van der Waals surface area contributed by atoms with Gasteiger partial charge >= 0.3 is 0 Å². The number of hydrogen-bond donors (Lipinski definition) is 2. The van der Waals surface area contributed by atoms with Gasteiger partial charge in [0.2, 0.25) is 5.91 Å². The first-order chi connectivity index (χ1) is 13.1. The average Bonchev–Trinajstić information content (AvgIpc) is 3.06. The molecule has 6 rings (SSSR count). The van der Waals surface area contributed by atoms with Crippen molar-refractivity contribution < 1.29 is 4.79 Å². The number of H-pyrrole nitrogens is 1. The molecule has 2 aromatic rings. The number of aromatic amines is 1. The van der Waals surface area contributed by atoms with E-state index in [9.17, 15) is 4.79 Å². The summed E-state index contributed by atoms with van der Waals surface area (Å²) in [5.41, 5.74) is 2.37. The summed E-state index contributed by atoms with van der Waals surface area (Å²) in [6, 6.07) is 8.35. The van der Waals surface area contributed by atoms with E-state index in [1.165, 1.54) is 50.3 Å². The van der Waals surface area contributed by atoms with Gasteiger partial charge in [0.15, 0.2) is 5.16 Å². The van der Waals surface area contributed by atoms with Crippen LogP contribution >= 0.6 is 11.8 Å². The van der Waals surface area contributed by atoms with Gasteiger partial charge in [-0.05, 0) is 80.2 Å². The molecule has 1 aromatic carbocycles. The van der Waals surface area contributed by atoms with Crippen LogP contribution in [0.25, 0.3) is 11.0 Å². The number of hydrogen-bond acceptors (Lipinski definition) is 3. The van der Waals surface area contributed by atoms with Gasteiger partial charge < -0.3 is 10.3 Å². The Bertz CT molecular complexity index is 777. The number of benzene rings is 1. The number of imidazole rings is 1. The molecule has 0 saturated heterocycles. The smallest absolute Gasteiger partial charge is 0.230 e. The van der Waals surface area contributed by atoms with Crippen LogP contribution < -0.4 is 5.32 Å². The number of fused-ring (bicyclic) bond motifs is 1. The van der Waals surface area contributed by atoms with E-state index in [2.05, 4.69) is 22.2 Å². The predicted molar refractivity (Wildman–Crippen MR) is 110 cm³/mol. The molecule has 4 bridgehead atoms. The second kappa shape index (κ2) is 6.84. The van der Waals surface area contributed by atoms with Gasteiger partial charge in [-0.25, -0.2) is 4.98 Å². The minimum absolute atomic E-state index is 0.156. The Hall–Kier alpha value is -1.49. The van der Waals surface area contributed by atoms with E-state index in [0.29, 0.717) is 17.2 Å². The molecule has 4 aliphatic carbocycles. The lowest BCUT2D eigenvalue weighted by Crippen LogP contribution is -2.57. The van der Waals surface area contributed by atoms with Crippen LogP contribution in [0.3, 0.4) is 0 Å². The first-order valence-electron chi connectivity index (χ1n) is 10.5. The quantitative estimate of drug-likeness (QED) is 0.707. The van der Waals surface area contributed by atoms with Gasteiger partial charge in [0.25, 0.3) is 0 Å². The van der Waals surface area contributed by atoms with Crippen LogP contribution in [-0.4, -0.2) is 27.7 Å².